The third-order valence-electron chi connectivity index (χ3n) is 5.17. The molecule has 0 aromatic heterocycles. The summed E-state index contributed by atoms with van der Waals surface area (Å²) in [4.78, 5) is 39.3. The minimum atomic E-state index is -0.387. The van der Waals surface area contributed by atoms with Crippen LogP contribution in [0.15, 0.2) is 36.4 Å². The number of nitrogens with zero attached hydrogens (tertiary/aromatic N) is 1. The van der Waals surface area contributed by atoms with Crippen molar-refractivity contribution in [3.8, 4) is 0 Å². The van der Waals surface area contributed by atoms with E-state index in [1.807, 2.05) is 32.0 Å². The number of carbonyl (C=O) groups is 3. The number of amides is 3. The van der Waals surface area contributed by atoms with Gasteiger partial charge in [0, 0.05) is 31.1 Å². The maximum absolute atomic E-state index is 12.9. The molecule has 146 valence electrons. The van der Waals surface area contributed by atoms with Gasteiger partial charge in [-0.15, -0.1) is 12.4 Å². The Balaban J connectivity index is 0.00000225. The Hall–Kier alpha value is -2.70. The number of halogens is 1. The van der Waals surface area contributed by atoms with Crippen molar-refractivity contribution in [2.45, 2.75) is 13.8 Å². The second kappa shape index (κ2) is 7.73. The van der Waals surface area contributed by atoms with Gasteiger partial charge in [-0.1, -0.05) is 12.1 Å². The van der Waals surface area contributed by atoms with Gasteiger partial charge in [0.15, 0.2) is 0 Å². The number of nitrogens with one attached hydrogen (secondary N) is 2. The molecular weight excluding hydrogens is 378 g/mol. The van der Waals surface area contributed by atoms with E-state index < -0.39 is 0 Å². The molecule has 0 bridgehead atoms. The Bertz CT molecular complexity index is 969. The van der Waals surface area contributed by atoms with Crippen LogP contribution in [0.25, 0.3) is 0 Å². The number of anilines is 1. The maximum Gasteiger partial charge on any atom is 0.266 e. The fraction of sp³-hybridized carbons (Fsp3) is 0.286. The molecule has 0 unspecified atom stereocenters. The van der Waals surface area contributed by atoms with Gasteiger partial charge < -0.3 is 10.6 Å². The first-order valence-electron chi connectivity index (χ1n) is 9.04. The van der Waals surface area contributed by atoms with Crippen molar-refractivity contribution >= 4 is 35.8 Å². The summed E-state index contributed by atoms with van der Waals surface area (Å²) in [7, 11) is 0. The van der Waals surface area contributed by atoms with E-state index in [0.29, 0.717) is 29.3 Å². The predicted molar refractivity (Wildman–Crippen MR) is 109 cm³/mol. The zero-order valence-corrected chi connectivity index (χ0v) is 16.6. The van der Waals surface area contributed by atoms with E-state index in [2.05, 4.69) is 10.6 Å². The molecule has 1 fully saturated rings. The minimum absolute atomic E-state index is 0. The first-order valence-corrected chi connectivity index (χ1v) is 9.04. The number of rotatable bonds is 4. The van der Waals surface area contributed by atoms with Crippen molar-refractivity contribution in [2.24, 2.45) is 5.92 Å². The van der Waals surface area contributed by atoms with E-state index >= 15 is 0 Å². The first-order chi connectivity index (χ1) is 13.0. The van der Waals surface area contributed by atoms with Gasteiger partial charge in [-0.25, -0.2) is 4.90 Å². The first kappa shape index (κ1) is 20.0. The highest BCUT2D eigenvalue weighted by Crippen LogP contribution is 2.31. The number of carbonyl (C=O) groups excluding carboxylic acids is 3. The van der Waals surface area contributed by atoms with Crippen LogP contribution in [0, 0.1) is 19.8 Å². The summed E-state index contributed by atoms with van der Waals surface area (Å²) >= 11 is 0. The summed E-state index contributed by atoms with van der Waals surface area (Å²) in [5, 5.41) is 6.05. The second-order valence-corrected chi connectivity index (χ2v) is 7.23. The highest BCUT2D eigenvalue weighted by molar-refractivity contribution is 6.35. The molecule has 28 heavy (non-hydrogen) atoms. The van der Waals surface area contributed by atoms with E-state index in [4.69, 9.17) is 0 Å². The minimum Gasteiger partial charge on any atom is -0.352 e. The lowest BCUT2D eigenvalue weighted by Gasteiger charge is -2.27. The van der Waals surface area contributed by atoms with E-state index in [1.165, 1.54) is 11.0 Å². The Morgan fingerprint density at radius 3 is 2.46 bits per heavy atom. The van der Waals surface area contributed by atoms with Crippen molar-refractivity contribution < 1.29 is 14.4 Å². The summed E-state index contributed by atoms with van der Waals surface area (Å²) in [5.74, 6) is -0.515. The van der Waals surface area contributed by atoms with Crippen molar-refractivity contribution in [3.63, 3.8) is 0 Å². The largest absolute Gasteiger partial charge is 0.352 e. The molecule has 0 radical (unpaired) electrons. The number of hydrogen-bond acceptors (Lipinski definition) is 4. The highest BCUT2D eigenvalue weighted by atomic mass is 35.5. The molecule has 2 N–H and O–H groups in total. The van der Waals surface area contributed by atoms with Gasteiger partial charge in [-0.3, -0.25) is 14.4 Å². The smallest absolute Gasteiger partial charge is 0.266 e. The lowest BCUT2D eigenvalue weighted by atomic mass is 10.0. The van der Waals surface area contributed by atoms with Gasteiger partial charge in [0.2, 0.25) is 0 Å². The number of hydrogen-bond donors (Lipinski definition) is 2. The van der Waals surface area contributed by atoms with E-state index in [0.717, 1.165) is 24.2 Å². The van der Waals surface area contributed by atoms with Gasteiger partial charge in [-0.2, -0.15) is 0 Å². The molecule has 2 heterocycles. The molecule has 7 heteroatoms. The van der Waals surface area contributed by atoms with Crippen LogP contribution in [0.4, 0.5) is 5.69 Å². The van der Waals surface area contributed by atoms with Gasteiger partial charge >= 0.3 is 0 Å². The topological polar surface area (TPSA) is 78.5 Å². The Kier molecular flexibility index (Phi) is 5.54. The molecule has 2 aliphatic heterocycles. The molecule has 2 aliphatic rings. The molecule has 0 saturated carbocycles. The predicted octanol–water partition coefficient (Wildman–Crippen LogP) is 2.48. The lowest BCUT2D eigenvalue weighted by Crippen LogP contribution is -2.48. The van der Waals surface area contributed by atoms with Gasteiger partial charge in [0.1, 0.15) is 0 Å². The van der Waals surface area contributed by atoms with E-state index in [-0.39, 0.29) is 35.7 Å². The average molecular weight is 400 g/mol. The zero-order valence-electron chi connectivity index (χ0n) is 15.7. The van der Waals surface area contributed by atoms with E-state index in [1.54, 1.807) is 12.1 Å². The highest BCUT2D eigenvalue weighted by Gasteiger charge is 2.37. The van der Waals surface area contributed by atoms with Crippen molar-refractivity contribution in [1.82, 2.24) is 10.6 Å². The van der Waals surface area contributed by atoms with Crippen LogP contribution < -0.4 is 15.5 Å². The second-order valence-electron chi connectivity index (χ2n) is 7.23. The standard InChI is InChI=1S/C21H21N3O3.ClH/c1-12-3-4-13(2)18(7-12)24-20(26)16-6-5-15(8-17(16)21(24)27)19(25)23-11-14-9-22-10-14;/h3-8,14,22H,9-11H2,1-2H3,(H,23,25);1H. The molecule has 6 nitrogen and oxygen atoms in total. The number of imide groups is 1. The SMILES string of the molecule is Cc1ccc(C)c(N2C(=O)c3ccc(C(=O)NCC4CNC4)cc3C2=O)c1.Cl. The van der Waals surface area contributed by atoms with Crippen molar-refractivity contribution in [1.29, 1.82) is 0 Å². The van der Waals surface area contributed by atoms with Crippen LogP contribution in [-0.4, -0.2) is 37.4 Å². The summed E-state index contributed by atoms with van der Waals surface area (Å²) in [5.41, 5.74) is 3.41. The van der Waals surface area contributed by atoms with Crippen molar-refractivity contribution in [3.05, 3.63) is 64.2 Å². The summed E-state index contributed by atoms with van der Waals surface area (Å²) < 4.78 is 0. The lowest BCUT2D eigenvalue weighted by molar-refractivity contribution is 0.0922. The Morgan fingerprint density at radius 2 is 1.79 bits per heavy atom. The number of aryl methyl sites for hydroxylation is 2. The summed E-state index contributed by atoms with van der Waals surface area (Å²) in [6.07, 6.45) is 0. The molecule has 4 rings (SSSR count). The molecule has 3 amide bonds. The van der Waals surface area contributed by atoms with Gasteiger partial charge in [0.05, 0.1) is 16.8 Å². The van der Waals surface area contributed by atoms with Crippen molar-refractivity contribution in [2.75, 3.05) is 24.5 Å². The average Bonchev–Trinajstić information content (AvgIpc) is 2.86. The third-order valence-corrected chi connectivity index (χ3v) is 5.17. The molecular formula is C21H22ClN3O3. The summed E-state index contributed by atoms with van der Waals surface area (Å²) in [6.45, 7) is 6.20. The molecule has 0 spiro atoms. The van der Waals surface area contributed by atoms with Crippen LogP contribution in [0.2, 0.25) is 0 Å². The van der Waals surface area contributed by atoms with E-state index in [9.17, 15) is 14.4 Å². The number of fused-ring (bicyclic) bond motifs is 1. The zero-order chi connectivity index (χ0) is 19.1. The number of benzene rings is 2. The molecule has 0 aliphatic carbocycles. The summed E-state index contributed by atoms with van der Waals surface area (Å²) in [6, 6.07) is 10.4. The van der Waals surface area contributed by atoms with Crippen LogP contribution >= 0.6 is 12.4 Å². The van der Waals surface area contributed by atoms with Crippen LogP contribution in [0.5, 0.6) is 0 Å². The fourth-order valence-corrected chi connectivity index (χ4v) is 3.39. The molecule has 2 aromatic carbocycles. The normalized spacial score (nSPS) is 15.7. The Morgan fingerprint density at radius 1 is 1.07 bits per heavy atom. The maximum atomic E-state index is 12.9. The van der Waals surface area contributed by atoms with Crippen LogP contribution in [0.3, 0.4) is 0 Å². The molecule has 2 aromatic rings. The quantitative estimate of drug-likeness (QED) is 0.774. The third kappa shape index (κ3) is 3.41. The monoisotopic (exact) mass is 399 g/mol. The molecule has 0 atom stereocenters. The van der Waals surface area contributed by atoms with Crippen LogP contribution in [0.1, 0.15) is 42.2 Å². The van der Waals surface area contributed by atoms with Crippen LogP contribution in [-0.2, 0) is 0 Å². The fourth-order valence-electron chi connectivity index (χ4n) is 3.39. The van der Waals surface area contributed by atoms with Gasteiger partial charge in [0.25, 0.3) is 17.7 Å². The van der Waals surface area contributed by atoms with Gasteiger partial charge in [-0.05, 0) is 49.2 Å². The Labute approximate surface area is 169 Å². The molecule has 1 saturated heterocycles.